The molecule has 9 nitrogen and oxygen atoms in total. The predicted octanol–water partition coefficient (Wildman–Crippen LogP) is 3.01. The van der Waals surface area contributed by atoms with Crippen molar-refractivity contribution in [3.63, 3.8) is 0 Å². The molecule has 2 rings (SSSR count). The molecular formula is C26H34N4O5. The number of hydrazone groups is 1. The Morgan fingerprint density at radius 1 is 1.03 bits per heavy atom. The normalized spacial score (nSPS) is 10.9. The van der Waals surface area contributed by atoms with Gasteiger partial charge in [0.05, 0.1) is 12.3 Å². The zero-order valence-electron chi connectivity index (χ0n) is 20.9. The molecule has 0 fully saturated rings. The number of anilines is 1. The van der Waals surface area contributed by atoms with Gasteiger partial charge in [-0.25, -0.2) is 5.43 Å². The summed E-state index contributed by atoms with van der Waals surface area (Å²) < 4.78 is 11.0. The smallest absolute Gasteiger partial charge is 0.329 e. The van der Waals surface area contributed by atoms with Crippen LogP contribution in [0.4, 0.5) is 5.69 Å². The van der Waals surface area contributed by atoms with E-state index in [4.69, 9.17) is 9.47 Å². The summed E-state index contributed by atoms with van der Waals surface area (Å²) in [6.45, 7) is 10.4. The van der Waals surface area contributed by atoms with Crippen LogP contribution >= 0.6 is 0 Å². The Morgan fingerprint density at radius 2 is 1.74 bits per heavy atom. The molecule has 3 amide bonds. The van der Waals surface area contributed by atoms with E-state index >= 15 is 0 Å². The number of aryl methyl sites for hydroxylation is 3. The number of hydrogen-bond donors (Lipinski definition) is 3. The van der Waals surface area contributed by atoms with E-state index in [0.29, 0.717) is 30.9 Å². The standard InChI is InChI=1S/C26H34N4O5/c1-17(2)34-11-7-10-27-25(32)26(33)30-28-15-21-8-6-9-22(14-21)35-16-23(31)29-24-19(4)12-18(3)13-20(24)5/h6,8-9,12-15,17H,7,10-11,16H2,1-5H3,(H,27,32)(H,29,31)(H,30,33)/b28-15-. The Bertz CT molecular complexity index is 1040. The molecule has 9 heteroatoms. The van der Waals surface area contributed by atoms with Gasteiger partial charge in [0.15, 0.2) is 6.61 Å². The van der Waals surface area contributed by atoms with Gasteiger partial charge in [0.1, 0.15) is 5.75 Å². The summed E-state index contributed by atoms with van der Waals surface area (Å²) in [5.41, 5.74) is 6.71. The average molecular weight is 483 g/mol. The SMILES string of the molecule is Cc1cc(C)c(NC(=O)COc2cccc(/C=N\NC(=O)C(=O)NCCCOC(C)C)c2)c(C)c1. The number of hydrogen-bond acceptors (Lipinski definition) is 6. The van der Waals surface area contributed by atoms with Crippen LogP contribution < -0.4 is 20.8 Å². The summed E-state index contributed by atoms with van der Waals surface area (Å²) >= 11 is 0. The van der Waals surface area contributed by atoms with Crippen LogP contribution in [0.5, 0.6) is 5.75 Å². The Kier molecular flexibility index (Phi) is 10.9. The quantitative estimate of drug-likeness (QED) is 0.197. The van der Waals surface area contributed by atoms with Crippen molar-refractivity contribution >= 4 is 29.6 Å². The fraction of sp³-hybridized carbons (Fsp3) is 0.385. The summed E-state index contributed by atoms with van der Waals surface area (Å²) in [6.07, 6.45) is 2.11. The maximum absolute atomic E-state index is 12.4. The molecule has 188 valence electrons. The van der Waals surface area contributed by atoms with Gasteiger partial charge in [-0.1, -0.05) is 29.8 Å². The first-order valence-electron chi connectivity index (χ1n) is 11.5. The third-order valence-corrected chi connectivity index (χ3v) is 4.81. The number of carbonyl (C=O) groups is 3. The summed E-state index contributed by atoms with van der Waals surface area (Å²) in [4.78, 5) is 36.0. The van der Waals surface area contributed by atoms with Crippen molar-refractivity contribution in [2.24, 2.45) is 5.10 Å². The summed E-state index contributed by atoms with van der Waals surface area (Å²) in [6, 6.07) is 10.9. The first-order valence-corrected chi connectivity index (χ1v) is 11.5. The minimum atomic E-state index is -0.864. The molecule has 0 aromatic heterocycles. The second kappa shape index (κ2) is 13.9. The number of ether oxygens (including phenoxy) is 2. The maximum atomic E-state index is 12.4. The molecule has 2 aromatic rings. The van der Waals surface area contributed by atoms with Gasteiger partial charge in [-0.05, 0) is 69.9 Å². The fourth-order valence-corrected chi connectivity index (χ4v) is 3.28. The highest BCUT2D eigenvalue weighted by Crippen LogP contribution is 2.22. The minimum Gasteiger partial charge on any atom is -0.484 e. The monoisotopic (exact) mass is 482 g/mol. The molecule has 0 spiro atoms. The Balaban J connectivity index is 1.79. The van der Waals surface area contributed by atoms with E-state index in [1.807, 2.05) is 46.8 Å². The van der Waals surface area contributed by atoms with Gasteiger partial charge in [0.25, 0.3) is 5.91 Å². The molecule has 3 N–H and O–H groups in total. The molecule has 0 aliphatic rings. The van der Waals surface area contributed by atoms with Gasteiger partial charge < -0.3 is 20.1 Å². The largest absolute Gasteiger partial charge is 0.484 e. The van der Waals surface area contributed by atoms with Crippen LogP contribution in [0.1, 0.15) is 42.5 Å². The molecule has 0 saturated heterocycles. The highest BCUT2D eigenvalue weighted by molar-refractivity contribution is 6.35. The highest BCUT2D eigenvalue weighted by Gasteiger charge is 2.12. The van der Waals surface area contributed by atoms with Crippen LogP contribution in [0.3, 0.4) is 0 Å². The molecule has 0 unspecified atom stereocenters. The molecule has 0 heterocycles. The topological polar surface area (TPSA) is 118 Å². The number of rotatable bonds is 11. The van der Waals surface area contributed by atoms with E-state index in [1.54, 1.807) is 24.3 Å². The van der Waals surface area contributed by atoms with Crippen LogP contribution in [-0.2, 0) is 19.1 Å². The predicted molar refractivity (Wildman–Crippen MR) is 136 cm³/mol. The van der Waals surface area contributed by atoms with Crippen molar-refractivity contribution in [2.45, 2.75) is 47.1 Å². The van der Waals surface area contributed by atoms with E-state index in [0.717, 1.165) is 22.4 Å². The van der Waals surface area contributed by atoms with Crippen LogP contribution in [0.15, 0.2) is 41.5 Å². The molecule has 35 heavy (non-hydrogen) atoms. The van der Waals surface area contributed by atoms with E-state index in [2.05, 4.69) is 21.2 Å². The van der Waals surface area contributed by atoms with Gasteiger partial charge in [0, 0.05) is 18.8 Å². The summed E-state index contributed by atoms with van der Waals surface area (Å²) in [5, 5.41) is 9.20. The number of benzene rings is 2. The Morgan fingerprint density at radius 3 is 2.43 bits per heavy atom. The molecular weight excluding hydrogens is 448 g/mol. The minimum absolute atomic E-state index is 0.122. The second-order valence-corrected chi connectivity index (χ2v) is 8.41. The van der Waals surface area contributed by atoms with Gasteiger partial charge in [0.2, 0.25) is 0 Å². The third-order valence-electron chi connectivity index (χ3n) is 4.81. The lowest BCUT2D eigenvalue weighted by Crippen LogP contribution is -2.38. The van der Waals surface area contributed by atoms with Crippen molar-refractivity contribution in [2.75, 3.05) is 25.1 Å². The molecule has 0 aliphatic heterocycles. The zero-order chi connectivity index (χ0) is 25.8. The lowest BCUT2D eigenvalue weighted by atomic mass is 10.1. The first-order chi connectivity index (χ1) is 16.7. The Labute approximate surface area is 206 Å². The zero-order valence-corrected chi connectivity index (χ0v) is 20.9. The number of carbonyl (C=O) groups excluding carboxylic acids is 3. The van der Waals surface area contributed by atoms with Crippen molar-refractivity contribution in [1.82, 2.24) is 10.7 Å². The van der Waals surface area contributed by atoms with E-state index in [1.165, 1.54) is 6.21 Å². The van der Waals surface area contributed by atoms with Crippen LogP contribution in [0.25, 0.3) is 0 Å². The highest BCUT2D eigenvalue weighted by atomic mass is 16.5. The van der Waals surface area contributed by atoms with E-state index in [9.17, 15) is 14.4 Å². The number of nitrogens with zero attached hydrogens (tertiary/aromatic N) is 1. The van der Waals surface area contributed by atoms with Crippen molar-refractivity contribution < 1.29 is 23.9 Å². The average Bonchev–Trinajstić information content (AvgIpc) is 2.79. The lowest BCUT2D eigenvalue weighted by molar-refractivity contribution is -0.139. The number of amides is 3. The van der Waals surface area contributed by atoms with E-state index in [-0.39, 0.29) is 18.6 Å². The summed E-state index contributed by atoms with van der Waals surface area (Å²) in [5.74, 6) is -1.44. The van der Waals surface area contributed by atoms with Crippen molar-refractivity contribution in [3.05, 3.63) is 58.7 Å². The third kappa shape index (κ3) is 9.97. The first kappa shape index (κ1) is 27.5. The second-order valence-electron chi connectivity index (χ2n) is 8.41. The van der Waals surface area contributed by atoms with Gasteiger partial charge in [-0.2, -0.15) is 5.10 Å². The molecule has 0 saturated carbocycles. The van der Waals surface area contributed by atoms with Crippen molar-refractivity contribution in [1.29, 1.82) is 0 Å². The van der Waals surface area contributed by atoms with Crippen LogP contribution in [-0.4, -0.2) is 49.8 Å². The molecule has 0 atom stereocenters. The van der Waals surface area contributed by atoms with E-state index < -0.39 is 11.8 Å². The molecule has 2 aromatic carbocycles. The van der Waals surface area contributed by atoms with Gasteiger partial charge in [-0.15, -0.1) is 0 Å². The van der Waals surface area contributed by atoms with Crippen molar-refractivity contribution in [3.8, 4) is 5.75 Å². The summed E-state index contributed by atoms with van der Waals surface area (Å²) in [7, 11) is 0. The Hall–Kier alpha value is -3.72. The number of nitrogens with one attached hydrogen (secondary N) is 3. The fourth-order valence-electron chi connectivity index (χ4n) is 3.28. The van der Waals surface area contributed by atoms with Crippen LogP contribution in [0.2, 0.25) is 0 Å². The lowest BCUT2D eigenvalue weighted by Gasteiger charge is -2.13. The van der Waals surface area contributed by atoms with Crippen LogP contribution in [0, 0.1) is 20.8 Å². The molecule has 0 radical (unpaired) electrons. The van der Waals surface area contributed by atoms with Gasteiger partial charge in [-0.3, -0.25) is 14.4 Å². The maximum Gasteiger partial charge on any atom is 0.329 e. The molecule has 0 aliphatic carbocycles. The molecule has 0 bridgehead atoms. The van der Waals surface area contributed by atoms with Gasteiger partial charge >= 0.3 is 11.8 Å².